The Hall–Kier alpha value is -1.47. The standard InChI is InChI=1S/C62H117NO18/c1-3-5-7-9-11-12-13-14-15-16-17-18-19-20-21-22-23-24-25-26-27-28-29-30-31-32-34-35-37-39-46(67)45(63-50(68)40-38-36-33-10-8-6-4-2)44-76-60-56(74)53(71)58(48(42-65)78-60)81-62-57(75)54(72)59(49(43-66)79-62)80-61-55(73)52(70)51(69)47(41-64)77-61/h37,39,45-49,51-62,64-67,69-75H,3-36,38,40-44H2,1-2H3,(H,63,68)/b39-37+. The van der Waals surface area contributed by atoms with Gasteiger partial charge in [-0.05, 0) is 19.3 Å². The summed E-state index contributed by atoms with van der Waals surface area (Å²) in [5, 5.41) is 120. The van der Waals surface area contributed by atoms with E-state index in [-0.39, 0.29) is 18.9 Å². The molecule has 17 atom stereocenters. The molecule has 0 aromatic rings. The van der Waals surface area contributed by atoms with E-state index >= 15 is 0 Å². The zero-order chi connectivity index (χ0) is 59.0. The first kappa shape index (κ1) is 73.8. The Morgan fingerprint density at radius 3 is 1.16 bits per heavy atom. The molecular weight excluding hydrogens is 1050 g/mol. The summed E-state index contributed by atoms with van der Waals surface area (Å²) < 4.78 is 34.2. The summed E-state index contributed by atoms with van der Waals surface area (Å²) in [4.78, 5) is 13.2. The van der Waals surface area contributed by atoms with Crippen molar-refractivity contribution in [1.29, 1.82) is 0 Å². The van der Waals surface area contributed by atoms with E-state index < -0.39 is 124 Å². The Labute approximate surface area is 486 Å². The van der Waals surface area contributed by atoms with Gasteiger partial charge in [0.1, 0.15) is 73.2 Å². The molecule has 19 nitrogen and oxygen atoms in total. The van der Waals surface area contributed by atoms with Gasteiger partial charge in [-0.25, -0.2) is 0 Å². The summed E-state index contributed by atoms with van der Waals surface area (Å²) in [6.07, 6.45) is 21.1. The Kier molecular flexibility index (Phi) is 41.7. The SMILES string of the molecule is CCCCCCCCCCCCCCCCCCCCCCCCCCCCC/C=C/C(O)C(COC1OC(CO)C(OC2OC(CO)C(OC3OC(CO)C(O)C(O)C3O)C(O)C2O)C(O)C1O)NC(=O)CCCCCCCCC. The minimum absolute atomic E-state index is 0.245. The number of carbonyl (C=O) groups excluding carboxylic acids is 1. The summed E-state index contributed by atoms with van der Waals surface area (Å²) in [5.74, 6) is -0.280. The largest absolute Gasteiger partial charge is 0.394 e. The minimum Gasteiger partial charge on any atom is -0.394 e. The van der Waals surface area contributed by atoms with Crippen LogP contribution < -0.4 is 5.32 Å². The molecule has 17 unspecified atom stereocenters. The van der Waals surface area contributed by atoms with E-state index in [0.29, 0.717) is 6.42 Å². The Morgan fingerprint density at radius 1 is 0.432 bits per heavy atom. The topological polar surface area (TPSA) is 307 Å². The molecule has 0 radical (unpaired) electrons. The van der Waals surface area contributed by atoms with Crippen molar-refractivity contribution in [3.63, 3.8) is 0 Å². The molecule has 0 aromatic carbocycles. The molecule has 3 aliphatic heterocycles. The number of carbonyl (C=O) groups is 1. The van der Waals surface area contributed by atoms with Crippen LogP contribution in [0.3, 0.4) is 0 Å². The fourth-order valence-electron chi connectivity index (χ4n) is 11.3. The van der Waals surface area contributed by atoms with Crippen LogP contribution in [0.5, 0.6) is 0 Å². The van der Waals surface area contributed by atoms with Crippen molar-refractivity contribution in [3.8, 4) is 0 Å². The molecular formula is C62H117NO18. The van der Waals surface area contributed by atoms with Gasteiger partial charge in [0.2, 0.25) is 5.91 Å². The molecule has 3 rings (SSSR count). The number of aliphatic hydroxyl groups excluding tert-OH is 11. The van der Waals surface area contributed by atoms with Gasteiger partial charge in [-0.1, -0.05) is 231 Å². The predicted molar refractivity (Wildman–Crippen MR) is 310 cm³/mol. The molecule has 3 aliphatic rings. The first-order valence-corrected chi connectivity index (χ1v) is 32.4. The zero-order valence-corrected chi connectivity index (χ0v) is 50.0. The van der Waals surface area contributed by atoms with Crippen molar-refractivity contribution in [2.75, 3.05) is 26.4 Å². The second kappa shape index (κ2) is 45.8. The van der Waals surface area contributed by atoms with E-state index in [1.165, 1.54) is 161 Å². The lowest BCUT2D eigenvalue weighted by molar-refractivity contribution is -0.379. The number of aliphatic hydroxyl groups is 11. The number of allylic oxidation sites excluding steroid dienone is 1. The van der Waals surface area contributed by atoms with E-state index in [1.54, 1.807) is 6.08 Å². The molecule has 3 heterocycles. The van der Waals surface area contributed by atoms with Crippen LogP contribution in [-0.4, -0.2) is 193 Å². The molecule has 1 amide bonds. The fraction of sp³-hybridized carbons (Fsp3) is 0.952. The maximum Gasteiger partial charge on any atom is 0.220 e. The molecule has 12 N–H and O–H groups in total. The second-order valence-electron chi connectivity index (χ2n) is 23.6. The highest BCUT2D eigenvalue weighted by molar-refractivity contribution is 5.76. The van der Waals surface area contributed by atoms with Crippen LogP contribution >= 0.6 is 0 Å². The molecule has 478 valence electrons. The van der Waals surface area contributed by atoms with Gasteiger partial charge >= 0.3 is 0 Å². The molecule has 0 saturated carbocycles. The number of hydrogen-bond acceptors (Lipinski definition) is 18. The lowest BCUT2D eigenvalue weighted by Gasteiger charge is -2.48. The lowest BCUT2D eigenvalue weighted by Crippen LogP contribution is -2.66. The molecule has 81 heavy (non-hydrogen) atoms. The van der Waals surface area contributed by atoms with Gasteiger partial charge in [-0.3, -0.25) is 4.79 Å². The van der Waals surface area contributed by atoms with Crippen LogP contribution in [0.25, 0.3) is 0 Å². The quantitative estimate of drug-likeness (QED) is 0.0217. The van der Waals surface area contributed by atoms with E-state index in [2.05, 4.69) is 19.2 Å². The highest BCUT2D eigenvalue weighted by Gasteiger charge is 2.53. The van der Waals surface area contributed by atoms with Crippen molar-refractivity contribution >= 4 is 5.91 Å². The predicted octanol–water partition coefficient (Wildman–Crippen LogP) is 6.94. The summed E-state index contributed by atoms with van der Waals surface area (Å²) in [7, 11) is 0. The summed E-state index contributed by atoms with van der Waals surface area (Å²) in [6, 6.07) is -0.965. The van der Waals surface area contributed by atoms with Crippen molar-refractivity contribution in [3.05, 3.63) is 12.2 Å². The number of amides is 1. The van der Waals surface area contributed by atoms with Crippen LogP contribution in [0, 0.1) is 0 Å². The maximum absolute atomic E-state index is 13.2. The maximum atomic E-state index is 13.2. The van der Waals surface area contributed by atoms with Crippen molar-refractivity contribution in [1.82, 2.24) is 5.32 Å². The van der Waals surface area contributed by atoms with Crippen molar-refractivity contribution in [2.45, 2.75) is 349 Å². The van der Waals surface area contributed by atoms with Gasteiger partial charge in [0.15, 0.2) is 18.9 Å². The third-order valence-electron chi connectivity index (χ3n) is 16.6. The van der Waals surface area contributed by atoms with E-state index in [0.717, 1.165) is 57.8 Å². The first-order chi connectivity index (χ1) is 39.3. The average molecular weight is 1160 g/mol. The third kappa shape index (κ3) is 29.2. The van der Waals surface area contributed by atoms with Crippen LogP contribution in [-0.2, 0) is 33.2 Å². The van der Waals surface area contributed by atoms with Crippen molar-refractivity contribution < 1.29 is 89.4 Å². The van der Waals surface area contributed by atoms with Crippen LogP contribution in [0.15, 0.2) is 12.2 Å². The van der Waals surface area contributed by atoms with Gasteiger partial charge in [0.25, 0.3) is 0 Å². The molecule has 0 aliphatic carbocycles. The molecule has 19 heteroatoms. The average Bonchev–Trinajstić information content (AvgIpc) is 3.46. The molecule has 0 bridgehead atoms. The van der Waals surface area contributed by atoms with Gasteiger partial charge in [-0.15, -0.1) is 0 Å². The highest BCUT2D eigenvalue weighted by Crippen LogP contribution is 2.33. The van der Waals surface area contributed by atoms with Gasteiger partial charge < -0.3 is 89.9 Å². The number of unbranched alkanes of at least 4 members (excludes halogenated alkanes) is 33. The van der Waals surface area contributed by atoms with E-state index in [9.17, 15) is 61.0 Å². The number of nitrogens with one attached hydrogen (secondary N) is 1. The van der Waals surface area contributed by atoms with Gasteiger partial charge in [-0.2, -0.15) is 0 Å². The van der Waals surface area contributed by atoms with Crippen LogP contribution in [0.2, 0.25) is 0 Å². The number of rotatable bonds is 49. The third-order valence-corrected chi connectivity index (χ3v) is 16.6. The van der Waals surface area contributed by atoms with Crippen LogP contribution in [0.1, 0.15) is 245 Å². The molecule has 3 saturated heterocycles. The Morgan fingerprint density at radius 2 is 0.765 bits per heavy atom. The second-order valence-corrected chi connectivity index (χ2v) is 23.6. The zero-order valence-electron chi connectivity index (χ0n) is 50.0. The summed E-state index contributed by atoms with van der Waals surface area (Å²) in [5.41, 5.74) is 0. The van der Waals surface area contributed by atoms with E-state index in [1.807, 2.05) is 6.08 Å². The van der Waals surface area contributed by atoms with Gasteiger partial charge in [0.05, 0.1) is 38.6 Å². The molecule has 0 spiro atoms. The van der Waals surface area contributed by atoms with Crippen molar-refractivity contribution in [2.24, 2.45) is 0 Å². The molecule has 0 aromatic heterocycles. The number of hydrogen-bond donors (Lipinski definition) is 12. The monoisotopic (exact) mass is 1160 g/mol. The smallest absolute Gasteiger partial charge is 0.220 e. The summed E-state index contributed by atoms with van der Waals surface area (Å²) >= 11 is 0. The Bertz CT molecular complexity index is 1530. The minimum atomic E-state index is -1.97. The van der Waals surface area contributed by atoms with Crippen LogP contribution in [0.4, 0.5) is 0 Å². The highest BCUT2D eigenvalue weighted by atomic mass is 16.8. The normalized spacial score (nSPS) is 29.8. The fourth-order valence-corrected chi connectivity index (χ4v) is 11.3. The molecule has 3 fully saturated rings. The first-order valence-electron chi connectivity index (χ1n) is 32.4. The lowest BCUT2D eigenvalue weighted by atomic mass is 9.96. The van der Waals surface area contributed by atoms with Gasteiger partial charge in [0, 0.05) is 6.42 Å². The number of ether oxygens (including phenoxy) is 6. The van der Waals surface area contributed by atoms with E-state index in [4.69, 9.17) is 28.4 Å². The summed E-state index contributed by atoms with van der Waals surface area (Å²) in [6.45, 7) is 1.68. The Balaban J connectivity index is 1.37.